The summed E-state index contributed by atoms with van der Waals surface area (Å²) < 4.78 is 5.36. The Hall–Kier alpha value is -2.89. The van der Waals surface area contributed by atoms with Crippen molar-refractivity contribution in [3.05, 3.63) is 59.3 Å². The van der Waals surface area contributed by atoms with Gasteiger partial charge in [0.1, 0.15) is 0 Å². The summed E-state index contributed by atoms with van der Waals surface area (Å²) in [7, 11) is 1.60. The monoisotopic (exact) mass is 365 g/mol. The van der Waals surface area contributed by atoms with Gasteiger partial charge in [-0.2, -0.15) is 0 Å². The average molecular weight is 365 g/mol. The Morgan fingerprint density at radius 1 is 1.26 bits per heavy atom. The number of aromatic nitrogens is 1. The zero-order valence-corrected chi connectivity index (χ0v) is 15.4. The summed E-state index contributed by atoms with van der Waals surface area (Å²) in [5.74, 6) is 0.410. The van der Waals surface area contributed by atoms with Gasteiger partial charge in [0, 0.05) is 37.8 Å². The van der Waals surface area contributed by atoms with E-state index in [0.29, 0.717) is 38.5 Å². The number of pyridine rings is 1. The molecule has 6 nitrogen and oxygen atoms in total. The van der Waals surface area contributed by atoms with E-state index in [4.69, 9.17) is 4.74 Å². The van der Waals surface area contributed by atoms with Crippen LogP contribution in [0.1, 0.15) is 23.1 Å². The van der Waals surface area contributed by atoms with Crippen molar-refractivity contribution in [3.63, 3.8) is 0 Å². The molecule has 140 valence electrons. The summed E-state index contributed by atoms with van der Waals surface area (Å²) in [4.78, 5) is 33.3. The van der Waals surface area contributed by atoms with Gasteiger partial charge in [-0.05, 0) is 23.6 Å². The van der Waals surface area contributed by atoms with Crippen molar-refractivity contribution < 1.29 is 14.3 Å². The van der Waals surface area contributed by atoms with Crippen LogP contribution < -0.4 is 4.74 Å². The summed E-state index contributed by atoms with van der Waals surface area (Å²) in [5, 5.41) is 0. The summed E-state index contributed by atoms with van der Waals surface area (Å²) in [6.45, 7) is 2.21. The lowest BCUT2D eigenvalue weighted by Crippen LogP contribution is -2.40. The molecule has 0 bridgehead atoms. The lowest BCUT2D eigenvalue weighted by molar-refractivity contribution is -0.136. The molecule has 1 unspecified atom stereocenters. The Bertz CT molecular complexity index is 839. The first-order chi connectivity index (χ1) is 13.2. The van der Waals surface area contributed by atoms with E-state index in [1.165, 1.54) is 5.56 Å². The maximum absolute atomic E-state index is 13.0. The third kappa shape index (κ3) is 3.52. The van der Waals surface area contributed by atoms with Gasteiger partial charge in [-0.15, -0.1) is 0 Å². The Morgan fingerprint density at radius 2 is 2.07 bits per heavy atom. The van der Waals surface area contributed by atoms with Gasteiger partial charge in [0.25, 0.3) is 0 Å². The minimum absolute atomic E-state index is 0.0499. The van der Waals surface area contributed by atoms with E-state index < -0.39 is 0 Å². The zero-order chi connectivity index (χ0) is 18.8. The molecule has 3 heterocycles. The van der Waals surface area contributed by atoms with Crippen LogP contribution in [0.4, 0.5) is 0 Å². The minimum Gasteiger partial charge on any atom is -0.481 e. The number of nitrogens with zero attached hydrogens (tertiary/aromatic N) is 3. The standard InChI is InChI=1S/C21H23N3O3/c1-27-20-18-14-23(10-8-16(18)7-9-22-20)21(26)17-11-19(25)24(13-17)12-15-5-3-2-4-6-15/h2-7,9,17H,8,10-14H2,1H3. The fourth-order valence-electron chi connectivity index (χ4n) is 3.96. The number of carbonyl (C=O) groups excluding carboxylic acids is 2. The average Bonchev–Trinajstić information content (AvgIpc) is 3.07. The molecule has 2 amide bonds. The number of rotatable bonds is 4. The predicted molar refractivity (Wildman–Crippen MR) is 99.9 cm³/mol. The van der Waals surface area contributed by atoms with E-state index >= 15 is 0 Å². The Kier molecular flexibility index (Phi) is 4.79. The van der Waals surface area contributed by atoms with Crippen molar-refractivity contribution in [1.29, 1.82) is 0 Å². The number of amides is 2. The summed E-state index contributed by atoms with van der Waals surface area (Å²) >= 11 is 0. The van der Waals surface area contributed by atoms with Crippen molar-refractivity contribution in [2.24, 2.45) is 5.92 Å². The molecule has 2 aliphatic heterocycles. The molecule has 1 aromatic carbocycles. The highest BCUT2D eigenvalue weighted by Crippen LogP contribution is 2.29. The number of ether oxygens (including phenoxy) is 1. The number of likely N-dealkylation sites (tertiary alicyclic amines) is 1. The molecule has 6 heteroatoms. The Balaban J connectivity index is 1.44. The second-order valence-corrected chi connectivity index (χ2v) is 7.13. The van der Waals surface area contributed by atoms with Gasteiger partial charge in [0.2, 0.25) is 17.7 Å². The quantitative estimate of drug-likeness (QED) is 0.832. The smallest absolute Gasteiger partial charge is 0.228 e. The number of methoxy groups -OCH3 is 1. The van der Waals surface area contributed by atoms with Crippen LogP contribution in [0.2, 0.25) is 0 Å². The normalized spacial score (nSPS) is 19.1. The second-order valence-electron chi connectivity index (χ2n) is 7.13. The molecule has 1 saturated heterocycles. The van der Waals surface area contributed by atoms with Gasteiger partial charge in [-0.3, -0.25) is 9.59 Å². The topological polar surface area (TPSA) is 62.7 Å². The first-order valence-electron chi connectivity index (χ1n) is 9.27. The van der Waals surface area contributed by atoms with Gasteiger partial charge in [0.15, 0.2) is 0 Å². The van der Waals surface area contributed by atoms with Crippen molar-refractivity contribution in [1.82, 2.24) is 14.8 Å². The maximum Gasteiger partial charge on any atom is 0.228 e. The van der Waals surface area contributed by atoms with E-state index in [1.54, 1.807) is 18.2 Å². The largest absolute Gasteiger partial charge is 0.481 e. The van der Waals surface area contributed by atoms with Gasteiger partial charge in [0.05, 0.1) is 19.6 Å². The number of hydrogen-bond donors (Lipinski definition) is 0. The summed E-state index contributed by atoms with van der Waals surface area (Å²) in [5.41, 5.74) is 3.24. The molecule has 0 aliphatic carbocycles. The van der Waals surface area contributed by atoms with E-state index in [2.05, 4.69) is 4.98 Å². The highest BCUT2D eigenvalue weighted by molar-refractivity contribution is 5.89. The first-order valence-corrected chi connectivity index (χ1v) is 9.27. The number of fused-ring (bicyclic) bond motifs is 1. The molecule has 4 rings (SSSR count). The molecule has 2 aromatic rings. The van der Waals surface area contributed by atoms with E-state index in [-0.39, 0.29) is 17.7 Å². The fourth-order valence-corrected chi connectivity index (χ4v) is 3.96. The molecular formula is C21H23N3O3. The Morgan fingerprint density at radius 3 is 2.85 bits per heavy atom. The molecule has 2 aliphatic rings. The summed E-state index contributed by atoms with van der Waals surface area (Å²) in [6.07, 6.45) is 2.82. The van der Waals surface area contributed by atoms with Crippen LogP contribution in [0.15, 0.2) is 42.6 Å². The first kappa shape index (κ1) is 17.5. The van der Waals surface area contributed by atoms with Crippen LogP contribution in [-0.4, -0.2) is 46.8 Å². The van der Waals surface area contributed by atoms with Crippen molar-refractivity contribution in [2.75, 3.05) is 20.2 Å². The zero-order valence-electron chi connectivity index (χ0n) is 15.4. The van der Waals surface area contributed by atoms with Crippen molar-refractivity contribution in [2.45, 2.75) is 25.9 Å². The van der Waals surface area contributed by atoms with Crippen LogP contribution in [0.25, 0.3) is 0 Å². The summed E-state index contributed by atoms with van der Waals surface area (Å²) in [6, 6.07) is 11.9. The van der Waals surface area contributed by atoms with E-state index in [9.17, 15) is 9.59 Å². The van der Waals surface area contributed by atoms with Crippen LogP contribution in [-0.2, 0) is 29.1 Å². The van der Waals surface area contributed by atoms with Crippen LogP contribution in [0.5, 0.6) is 5.88 Å². The van der Waals surface area contributed by atoms with Gasteiger partial charge >= 0.3 is 0 Å². The minimum atomic E-state index is -0.273. The van der Waals surface area contributed by atoms with Gasteiger partial charge in [-0.1, -0.05) is 30.3 Å². The molecule has 0 N–H and O–H groups in total. The highest BCUT2D eigenvalue weighted by atomic mass is 16.5. The molecule has 1 atom stereocenters. The van der Waals surface area contributed by atoms with Crippen molar-refractivity contribution >= 4 is 11.8 Å². The number of carbonyl (C=O) groups is 2. The Labute approximate surface area is 158 Å². The van der Waals surface area contributed by atoms with Gasteiger partial charge < -0.3 is 14.5 Å². The molecule has 1 aromatic heterocycles. The van der Waals surface area contributed by atoms with Gasteiger partial charge in [-0.25, -0.2) is 4.98 Å². The maximum atomic E-state index is 13.0. The van der Waals surface area contributed by atoms with Crippen LogP contribution in [0.3, 0.4) is 0 Å². The van der Waals surface area contributed by atoms with Crippen LogP contribution in [0, 0.1) is 5.92 Å². The lowest BCUT2D eigenvalue weighted by Gasteiger charge is -2.31. The molecule has 27 heavy (non-hydrogen) atoms. The molecular weight excluding hydrogens is 342 g/mol. The molecule has 0 saturated carbocycles. The number of benzene rings is 1. The van der Waals surface area contributed by atoms with Crippen LogP contribution >= 0.6 is 0 Å². The second kappa shape index (κ2) is 7.39. The van der Waals surface area contributed by atoms with Crippen molar-refractivity contribution in [3.8, 4) is 5.88 Å². The predicted octanol–water partition coefficient (Wildman–Crippen LogP) is 2.02. The fraction of sp³-hybridized carbons (Fsp3) is 0.381. The molecule has 0 spiro atoms. The number of hydrogen-bond acceptors (Lipinski definition) is 4. The molecule has 0 radical (unpaired) electrons. The third-order valence-corrected chi connectivity index (χ3v) is 5.40. The third-order valence-electron chi connectivity index (χ3n) is 5.40. The molecule has 1 fully saturated rings. The highest BCUT2D eigenvalue weighted by Gasteiger charge is 2.37. The SMILES string of the molecule is COc1nccc2c1CN(C(=O)C1CC(=O)N(Cc3ccccc3)C1)CC2. The van der Waals surface area contributed by atoms with E-state index in [1.807, 2.05) is 41.3 Å². The lowest BCUT2D eigenvalue weighted by atomic mass is 9.99. The van der Waals surface area contributed by atoms with E-state index in [0.717, 1.165) is 17.5 Å².